The second kappa shape index (κ2) is 9.01. The Morgan fingerprint density at radius 2 is 1.41 bits per heavy atom. The fourth-order valence-corrected chi connectivity index (χ4v) is 7.18. The average Bonchev–Trinajstić information content (AvgIpc) is 2.76. The summed E-state index contributed by atoms with van der Waals surface area (Å²) in [6.07, 6.45) is 0. The molecule has 0 amide bonds. The highest BCUT2D eigenvalue weighted by Crippen LogP contribution is 2.33. The second-order valence-electron chi connectivity index (χ2n) is 7.94. The smallest absolute Gasteiger partial charge is 0.262 e. The lowest BCUT2D eigenvalue weighted by atomic mass is 9.95. The van der Waals surface area contributed by atoms with Gasteiger partial charge in [0.05, 0.1) is 30.9 Å². The van der Waals surface area contributed by atoms with Crippen molar-refractivity contribution in [2.24, 2.45) is 0 Å². The van der Waals surface area contributed by atoms with Gasteiger partial charge in [-0.25, -0.2) is 16.8 Å². The van der Waals surface area contributed by atoms with Crippen molar-refractivity contribution in [2.75, 3.05) is 38.1 Å². The van der Waals surface area contributed by atoms with E-state index in [0.29, 0.717) is 24.3 Å². The molecule has 2 aromatic rings. The molecule has 0 aliphatic carbocycles. The maximum absolute atomic E-state index is 13.4. The van der Waals surface area contributed by atoms with Crippen molar-refractivity contribution in [1.82, 2.24) is 4.31 Å². The number of hydrogen-bond acceptors (Lipinski definition) is 6. The number of benzene rings is 2. The highest BCUT2D eigenvalue weighted by Gasteiger charge is 2.30. The average molecular weight is 483 g/mol. The molecule has 3 rings (SSSR count). The van der Waals surface area contributed by atoms with Crippen molar-refractivity contribution in [3.63, 3.8) is 0 Å². The number of methoxy groups -OCH3 is 1. The Morgan fingerprint density at radius 3 is 1.94 bits per heavy atom. The first kappa shape index (κ1) is 24.5. The molecule has 0 aromatic heterocycles. The van der Waals surface area contributed by atoms with E-state index in [0.717, 1.165) is 16.7 Å². The standard InChI is InChI=1S/C22H30N2O6S2/c1-14-15(2)17(4)22(18(5)16(14)3)31(25,26)23-19-7-8-20(29-6)21(13-19)32(27,28)24-9-11-30-12-10-24/h7-8,13,23H,9-12H2,1-6H3. The van der Waals surface area contributed by atoms with Gasteiger partial charge in [0.25, 0.3) is 10.0 Å². The van der Waals surface area contributed by atoms with Gasteiger partial charge in [0.2, 0.25) is 10.0 Å². The number of hydrogen-bond donors (Lipinski definition) is 1. The number of morpholine rings is 1. The van der Waals surface area contributed by atoms with Crippen molar-refractivity contribution in [2.45, 2.75) is 44.4 Å². The predicted octanol–water partition coefficient (Wildman–Crippen LogP) is 3.06. The molecule has 2 aromatic carbocycles. The maximum atomic E-state index is 13.4. The van der Waals surface area contributed by atoms with E-state index in [1.807, 2.05) is 20.8 Å². The maximum Gasteiger partial charge on any atom is 0.262 e. The van der Waals surface area contributed by atoms with Gasteiger partial charge >= 0.3 is 0 Å². The van der Waals surface area contributed by atoms with Crippen molar-refractivity contribution in [3.8, 4) is 5.75 Å². The Kier molecular flexibility index (Phi) is 6.90. The van der Waals surface area contributed by atoms with E-state index in [9.17, 15) is 16.8 Å². The van der Waals surface area contributed by atoms with E-state index >= 15 is 0 Å². The lowest BCUT2D eigenvalue weighted by Crippen LogP contribution is -2.40. The van der Waals surface area contributed by atoms with Gasteiger partial charge in [0, 0.05) is 13.1 Å². The fourth-order valence-electron chi connectivity index (χ4n) is 3.94. The van der Waals surface area contributed by atoms with Gasteiger partial charge in [-0.05, 0) is 80.6 Å². The Hall–Kier alpha value is -2.14. The number of nitrogens with one attached hydrogen (secondary N) is 1. The Bertz CT molecular complexity index is 1220. The zero-order valence-electron chi connectivity index (χ0n) is 19.3. The molecular weight excluding hydrogens is 452 g/mol. The Morgan fingerprint density at radius 1 is 0.875 bits per heavy atom. The molecule has 10 heteroatoms. The summed E-state index contributed by atoms with van der Waals surface area (Å²) in [7, 11) is -6.47. The highest BCUT2D eigenvalue weighted by atomic mass is 32.2. The van der Waals surface area contributed by atoms with E-state index in [-0.39, 0.29) is 34.3 Å². The van der Waals surface area contributed by atoms with Crippen molar-refractivity contribution < 1.29 is 26.3 Å². The van der Waals surface area contributed by atoms with Crippen LogP contribution in [0.15, 0.2) is 28.0 Å². The van der Waals surface area contributed by atoms with Gasteiger partial charge in [0.15, 0.2) is 0 Å². The second-order valence-corrected chi connectivity index (χ2v) is 11.5. The topological polar surface area (TPSA) is 102 Å². The molecule has 1 saturated heterocycles. The summed E-state index contributed by atoms with van der Waals surface area (Å²) >= 11 is 0. The number of sulfonamides is 2. The van der Waals surface area contributed by atoms with Crippen LogP contribution in [0, 0.1) is 34.6 Å². The van der Waals surface area contributed by atoms with E-state index in [1.165, 1.54) is 29.6 Å². The van der Waals surface area contributed by atoms with Crippen molar-refractivity contribution in [1.29, 1.82) is 0 Å². The number of rotatable bonds is 6. The minimum Gasteiger partial charge on any atom is -0.495 e. The number of anilines is 1. The summed E-state index contributed by atoms with van der Waals surface area (Å²) in [5.74, 6) is 0.147. The lowest BCUT2D eigenvalue weighted by Gasteiger charge is -2.27. The fraction of sp³-hybridized carbons (Fsp3) is 0.455. The lowest BCUT2D eigenvalue weighted by molar-refractivity contribution is 0.0729. The molecule has 1 aliphatic rings. The van der Waals surface area contributed by atoms with E-state index < -0.39 is 20.0 Å². The number of nitrogens with zero attached hydrogens (tertiary/aromatic N) is 1. The molecule has 1 N–H and O–H groups in total. The SMILES string of the molecule is COc1ccc(NS(=O)(=O)c2c(C)c(C)c(C)c(C)c2C)cc1S(=O)(=O)N1CCOCC1. The third kappa shape index (κ3) is 4.36. The molecule has 0 radical (unpaired) electrons. The number of ether oxygens (including phenoxy) is 2. The molecular formula is C22H30N2O6S2. The van der Waals surface area contributed by atoms with Crippen LogP contribution in [0.2, 0.25) is 0 Å². The minimum absolute atomic E-state index is 0.0909. The third-order valence-corrected chi connectivity index (χ3v) is 9.78. The van der Waals surface area contributed by atoms with Crippen LogP contribution < -0.4 is 9.46 Å². The molecule has 0 unspecified atom stereocenters. The van der Waals surface area contributed by atoms with Crippen LogP contribution in [-0.4, -0.2) is 54.6 Å². The molecule has 0 saturated carbocycles. The molecule has 0 atom stereocenters. The van der Waals surface area contributed by atoms with Crippen molar-refractivity contribution >= 4 is 25.7 Å². The van der Waals surface area contributed by atoms with E-state index in [2.05, 4.69) is 4.72 Å². The quantitative estimate of drug-likeness (QED) is 0.679. The first-order chi connectivity index (χ1) is 14.9. The van der Waals surface area contributed by atoms with E-state index in [1.54, 1.807) is 13.8 Å². The summed E-state index contributed by atoms with van der Waals surface area (Å²) in [6, 6.07) is 4.25. The van der Waals surface area contributed by atoms with Crippen molar-refractivity contribution in [3.05, 3.63) is 46.0 Å². The Labute approximate surface area is 190 Å². The Balaban J connectivity index is 2.07. The molecule has 1 fully saturated rings. The van der Waals surface area contributed by atoms with Gasteiger partial charge in [-0.2, -0.15) is 4.31 Å². The zero-order valence-corrected chi connectivity index (χ0v) is 20.9. The summed E-state index contributed by atoms with van der Waals surface area (Å²) in [5, 5.41) is 0. The molecule has 176 valence electrons. The summed E-state index contributed by atoms with van der Waals surface area (Å²) in [5.41, 5.74) is 4.38. The van der Waals surface area contributed by atoms with E-state index in [4.69, 9.17) is 9.47 Å². The largest absolute Gasteiger partial charge is 0.495 e. The first-order valence-electron chi connectivity index (χ1n) is 10.3. The summed E-state index contributed by atoms with van der Waals surface area (Å²) < 4.78 is 67.5. The molecule has 1 aliphatic heterocycles. The molecule has 0 spiro atoms. The van der Waals surface area contributed by atoms with Gasteiger partial charge < -0.3 is 9.47 Å². The molecule has 0 bridgehead atoms. The monoisotopic (exact) mass is 482 g/mol. The predicted molar refractivity (Wildman–Crippen MR) is 124 cm³/mol. The van der Waals surface area contributed by atoms with Gasteiger partial charge in [-0.15, -0.1) is 0 Å². The summed E-state index contributed by atoms with van der Waals surface area (Å²) in [6.45, 7) is 10.4. The van der Waals surface area contributed by atoms with Crippen LogP contribution in [0.5, 0.6) is 5.75 Å². The van der Waals surface area contributed by atoms with Gasteiger partial charge in [-0.3, -0.25) is 4.72 Å². The van der Waals surface area contributed by atoms with Crippen LogP contribution in [0.3, 0.4) is 0 Å². The zero-order chi connectivity index (χ0) is 23.8. The normalized spacial score (nSPS) is 15.6. The highest BCUT2D eigenvalue weighted by molar-refractivity contribution is 7.92. The van der Waals surface area contributed by atoms with Gasteiger partial charge in [-0.1, -0.05) is 0 Å². The minimum atomic E-state index is -3.96. The third-order valence-electron chi connectivity index (χ3n) is 6.20. The first-order valence-corrected chi connectivity index (χ1v) is 13.2. The van der Waals surface area contributed by atoms with Crippen LogP contribution in [0.4, 0.5) is 5.69 Å². The van der Waals surface area contributed by atoms with Crippen LogP contribution >= 0.6 is 0 Å². The molecule has 32 heavy (non-hydrogen) atoms. The van der Waals surface area contributed by atoms with Crippen LogP contribution in [0.25, 0.3) is 0 Å². The summed E-state index contributed by atoms with van der Waals surface area (Å²) in [4.78, 5) is 0.123. The molecule has 8 nitrogen and oxygen atoms in total. The van der Waals surface area contributed by atoms with Gasteiger partial charge in [0.1, 0.15) is 10.6 Å². The van der Waals surface area contributed by atoms with Crippen LogP contribution in [-0.2, 0) is 24.8 Å². The molecule has 1 heterocycles. The van der Waals surface area contributed by atoms with Crippen LogP contribution in [0.1, 0.15) is 27.8 Å².